The SMILES string of the molecule is CC(C)=CCCOc1ccc(-c2ccc(Cn3ccc4nc(-c5cccc(F)c5F)nc-4c3)cc2)cc1. The zero-order valence-corrected chi connectivity index (χ0v) is 20.8. The first kappa shape index (κ1) is 24.4. The number of ether oxygens (including phenoxy) is 1. The van der Waals surface area contributed by atoms with Crippen LogP contribution in [0.1, 0.15) is 25.8 Å². The number of hydrogen-bond donors (Lipinski definition) is 0. The maximum Gasteiger partial charge on any atom is 0.169 e. The Morgan fingerprint density at radius 2 is 1.57 bits per heavy atom. The van der Waals surface area contributed by atoms with Crippen LogP contribution in [0.15, 0.2) is 96.8 Å². The molecule has 0 N–H and O–H groups in total. The van der Waals surface area contributed by atoms with E-state index in [0.717, 1.165) is 34.9 Å². The number of benzene rings is 3. The summed E-state index contributed by atoms with van der Waals surface area (Å²) in [7, 11) is 0. The van der Waals surface area contributed by atoms with E-state index in [0.29, 0.717) is 24.5 Å². The third kappa shape index (κ3) is 5.75. The average molecular weight is 496 g/mol. The normalized spacial score (nSPS) is 11.0. The monoisotopic (exact) mass is 495 g/mol. The van der Waals surface area contributed by atoms with Crippen molar-refractivity contribution in [2.75, 3.05) is 6.61 Å². The Labute approximate surface area is 215 Å². The third-order valence-corrected chi connectivity index (χ3v) is 6.07. The lowest BCUT2D eigenvalue weighted by Gasteiger charge is -2.10. The molecular weight excluding hydrogens is 468 g/mol. The minimum atomic E-state index is -0.938. The summed E-state index contributed by atoms with van der Waals surface area (Å²) in [6.45, 7) is 5.49. The van der Waals surface area contributed by atoms with Gasteiger partial charge in [-0.3, -0.25) is 0 Å². The molecule has 186 valence electrons. The summed E-state index contributed by atoms with van der Waals surface area (Å²) >= 11 is 0. The van der Waals surface area contributed by atoms with Gasteiger partial charge in [0, 0.05) is 18.9 Å². The van der Waals surface area contributed by atoms with Crippen LogP contribution in [-0.2, 0) is 6.54 Å². The molecule has 0 aliphatic carbocycles. The molecular formula is C31H27F2N3O. The largest absolute Gasteiger partial charge is 0.493 e. The molecule has 0 unspecified atom stereocenters. The summed E-state index contributed by atoms with van der Waals surface area (Å²) in [6.07, 6.45) is 6.85. The molecule has 0 aromatic heterocycles. The van der Waals surface area contributed by atoms with Crippen LogP contribution >= 0.6 is 0 Å². The number of allylic oxidation sites excluding steroid dienone is 1. The summed E-state index contributed by atoms with van der Waals surface area (Å²) < 4.78 is 35.6. The van der Waals surface area contributed by atoms with Crippen molar-refractivity contribution in [1.82, 2.24) is 14.5 Å². The predicted molar refractivity (Wildman–Crippen MR) is 143 cm³/mol. The molecule has 6 heteroatoms. The molecule has 3 aromatic carbocycles. The van der Waals surface area contributed by atoms with Crippen molar-refractivity contribution in [1.29, 1.82) is 0 Å². The van der Waals surface area contributed by atoms with Gasteiger partial charge in [0.2, 0.25) is 0 Å². The molecule has 2 aliphatic heterocycles. The highest BCUT2D eigenvalue weighted by Gasteiger charge is 2.17. The summed E-state index contributed by atoms with van der Waals surface area (Å²) in [5.74, 6) is -0.802. The average Bonchev–Trinajstić information content (AvgIpc) is 3.32. The lowest BCUT2D eigenvalue weighted by molar-refractivity contribution is 0.324. The van der Waals surface area contributed by atoms with Crippen LogP contribution in [0.5, 0.6) is 5.75 Å². The highest BCUT2D eigenvalue weighted by atomic mass is 19.2. The zero-order chi connectivity index (χ0) is 25.8. The van der Waals surface area contributed by atoms with Crippen molar-refractivity contribution < 1.29 is 13.5 Å². The van der Waals surface area contributed by atoms with E-state index < -0.39 is 11.6 Å². The van der Waals surface area contributed by atoms with E-state index in [-0.39, 0.29) is 11.4 Å². The number of halogens is 2. The molecule has 3 aromatic rings. The molecule has 2 aliphatic rings. The molecule has 0 amide bonds. The van der Waals surface area contributed by atoms with Crippen molar-refractivity contribution >= 4 is 0 Å². The second-order valence-electron chi connectivity index (χ2n) is 9.18. The van der Waals surface area contributed by atoms with Gasteiger partial charge >= 0.3 is 0 Å². The minimum Gasteiger partial charge on any atom is -0.493 e. The third-order valence-electron chi connectivity index (χ3n) is 6.07. The van der Waals surface area contributed by atoms with Crippen molar-refractivity contribution in [2.45, 2.75) is 26.8 Å². The van der Waals surface area contributed by atoms with Crippen LogP contribution < -0.4 is 4.74 Å². The molecule has 5 rings (SSSR count). The molecule has 4 nitrogen and oxygen atoms in total. The van der Waals surface area contributed by atoms with E-state index in [1.165, 1.54) is 17.7 Å². The number of aromatic nitrogens is 3. The fraction of sp³-hybridized carbons (Fsp3) is 0.161. The van der Waals surface area contributed by atoms with Gasteiger partial charge in [0.05, 0.1) is 17.9 Å². The maximum absolute atomic E-state index is 14.2. The van der Waals surface area contributed by atoms with E-state index in [1.54, 1.807) is 0 Å². The number of pyridine rings is 1. The molecule has 37 heavy (non-hydrogen) atoms. The van der Waals surface area contributed by atoms with Crippen LogP contribution in [0.2, 0.25) is 0 Å². The van der Waals surface area contributed by atoms with Gasteiger partial charge in [-0.15, -0.1) is 0 Å². The first-order chi connectivity index (χ1) is 18.0. The number of imidazole rings is 1. The number of rotatable bonds is 8. The number of nitrogens with zero attached hydrogens (tertiary/aromatic N) is 3. The Kier molecular flexibility index (Phi) is 7.08. The van der Waals surface area contributed by atoms with E-state index in [1.807, 2.05) is 35.2 Å². The lowest BCUT2D eigenvalue weighted by atomic mass is 10.0. The molecule has 0 spiro atoms. The van der Waals surface area contributed by atoms with Gasteiger partial charge in [-0.1, -0.05) is 54.1 Å². The van der Waals surface area contributed by atoms with Gasteiger partial charge in [0.15, 0.2) is 17.5 Å². The topological polar surface area (TPSA) is 39.9 Å². The van der Waals surface area contributed by atoms with Crippen LogP contribution in [0, 0.1) is 11.6 Å². The highest BCUT2D eigenvalue weighted by Crippen LogP contribution is 2.28. The van der Waals surface area contributed by atoms with E-state index >= 15 is 0 Å². The van der Waals surface area contributed by atoms with Crippen LogP contribution in [0.25, 0.3) is 33.9 Å². The van der Waals surface area contributed by atoms with Crippen molar-refractivity contribution in [3.63, 3.8) is 0 Å². The standard InChI is InChI=1S/C31H27F2N3O/c1-21(2)5-4-18-37-25-14-12-24(13-15-25)23-10-8-22(9-11-23)19-36-17-16-28-29(20-36)35-31(34-28)26-6-3-7-27(32)30(26)33/h3,5-17,20H,4,18-19H2,1-2H3. The van der Waals surface area contributed by atoms with E-state index in [2.05, 4.69) is 66.3 Å². The van der Waals surface area contributed by atoms with Gasteiger partial charge in [0.25, 0.3) is 0 Å². The number of fused-ring (bicyclic) bond motifs is 1. The Morgan fingerprint density at radius 1 is 0.865 bits per heavy atom. The minimum absolute atomic E-state index is 0.0571. The fourth-order valence-electron chi connectivity index (χ4n) is 4.13. The Morgan fingerprint density at radius 3 is 2.30 bits per heavy atom. The fourth-order valence-corrected chi connectivity index (χ4v) is 4.13. The quantitative estimate of drug-likeness (QED) is 0.163. The summed E-state index contributed by atoms with van der Waals surface area (Å²) in [4.78, 5) is 8.80. The van der Waals surface area contributed by atoms with Gasteiger partial charge < -0.3 is 9.30 Å². The zero-order valence-electron chi connectivity index (χ0n) is 20.8. The van der Waals surface area contributed by atoms with E-state index in [4.69, 9.17) is 4.74 Å². The molecule has 0 radical (unpaired) electrons. The Balaban J connectivity index is 1.26. The van der Waals surface area contributed by atoms with Crippen molar-refractivity contribution in [2.24, 2.45) is 0 Å². The predicted octanol–water partition coefficient (Wildman–Crippen LogP) is 7.78. The summed E-state index contributed by atoms with van der Waals surface area (Å²) in [6, 6.07) is 22.4. The maximum atomic E-state index is 14.2. The number of hydrogen-bond acceptors (Lipinski definition) is 3. The summed E-state index contributed by atoms with van der Waals surface area (Å²) in [5, 5.41) is 0. The van der Waals surface area contributed by atoms with Gasteiger partial charge in [0.1, 0.15) is 11.4 Å². The lowest BCUT2D eigenvalue weighted by Crippen LogP contribution is -2.00. The molecule has 0 atom stereocenters. The van der Waals surface area contributed by atoms with Gasteiger partial charge in [-0.05, 0) is 67.3 Å². The van der Waals surface area contributed by atoms with Gasteiger partial charge in [-0.2, -0.15) is 0 Å². The second kappa shape index (κ2) is 10.7. The first-order valence-corrected chi connectivity index (χ1v) is 12.2. The van der Waals surface area contributed by atoms with E-state index in [9.17, 15) is 8.78 Å². The first-order valence-electron chi connectivity index (χ1n) is 12.2. The molecule has 0 bridgehead atoms. The van der Waals surface area contributed by atoms with Crippen molar-refractivity contribution in [3.8, 4) is 39.7 Å². The molecule has 0 saturated heterocycles. The van der Waals surface area contributed by atoms with Crippen LogP contribution in [0.3, 0.4) is 0 Å². The van der Waals surface area contributed by atoms with Crippen LogP contribution in [0.4, 0.5) is 8.78 Å². The molecule has 0 saturated carbocycles. The van der Waals surface area contributed by atoms with Crippen molar-refractivity contribution in [3.05, 3.63) is 114 Å². The second-order valence-corrected chi connectivity index (χ2v) is 9.18. The highest BCUT2D eigenvalue weighted by molar-refractivity contribution is 5.66. The van der Waals surface area contributed by atoms with Gasteiger partial charge in [-0.25, -0.2) is 18.7 Å². The molecule has 2 heterocycles. The Hall–Kier alpha value is -4.32. The van der Waals surface area contributed by atoms with Crippen LogP contribution in [-0.4, -0.2) is 21.1 Å². The Bertz CT molecular complexity index is 1500. The smallest absolute Gasteiger partial charge is 0.169 e. The molecule has 0 fully saturated rings. The summed E-state index contributed by atoms with van der Waals surface area (Å²) in [5.41, 5.74) is 6.00.